The van der Waals surface area contributed by atoms with Crippen LogP contribution in [0.1, 0.15) is 24.4 Å². The van der Waals surface area contributed by atoms with Crippen LogP contribution in [0.4, 0.5) is 0 Å². The first-order valence-electron chi connectivity index (χ1n) is 4.98. The first-order valence-corrected chi connectivity index (χ1v) is 4.98. The number of imidazole rings is 1. The van der Waals surface area contributed by atoms with Crippen LogP contribution in [-0.4, -0.2) is 15.0 Å². The van der Waals surface area contributed by atoms with Gasteiger partial charge in [0.15, 0.2) is 0 Å². The van der Waals surface area contributed by atoms with E-state index in [4.69, 9.17) is 0 Å². The zero-order valence-corrected chi connectivity index (χ0v) is 8.64. The van der Waals surface area contributed by atoms with Crippen molar-refractivity contribution < 1.29 is 0 Å². The van der Waals surface area contributed by atoms with Crippen molar-refractivity contribution in [3.05, 3.63) is 48.3 Å². The maximum atomic E-state index is 4.15. The normalized spacial score (nSPS) is 12.6. The quantitative estimate of drug-likeness (QED) is 0.792. The average Bonchev–Trinajstić information content (AvgIpc) is 2.80. The monoisotopic (exact) mass is 202 g/mol. The SMILES string of the molecule is C[C@@H](NCc1ncc[nH]1)c1cccnc1. The molecule has 2 aromatic heterocycles. The van der Waals surface area contributed by atoms with Crippen molar-refractivity contribution in [2.45, 2.75) is 19.5 Å². The van der Waals surface area contributed by atoms with Crippen molar-refractivity contribution >= 4 is 0 Å². The third-order valence-corrected chi connectivity index (χ3v) is 2.31. The summed E-state index contributed by atoms with van der Waals surface area (Å²) in [5.74, 6) is 0.950. The Morgan fingerprint density at radius 3 is 3.07 bits per heavy atom. The second-order valence-corrected chi connectivity index (χ2v) is 3.42. The van der Waals surface area contributed by atoms with Gasteiger partial charge in [0.2, 0.25) is 0 Å². The lowest BCUT2D eigenvalue weighted by molar-refractivity contribution is 0.560. The van der Waals surface area contributed by atoms with Gasteiger partial charge in [-0.2, -0.15) is 0 Å². The number of hydrogen-bond donors (Lipinski definition) is 2. The topological polar surface area (TPSA) is 53.6 Å². The highest BCUT2D eigenvalue weighted by atomic mass is 15.0. The minimum Gasteiger partial charge on any atom is -0.348 e. The Balaban J connectivity index is 1.90. The van der Waals surface area contributed by atoms with Crippen LogP contribution in [0.25, 0.3) is 0 Å². The maximum absolute atomic E-state index is 4.15. The highest BCUT2D eigenvalue weighted by Gasteiger charge is 2.04. The van der Waals surface area contributed by atoms with Crippen LogP contribution in [0, 0.1) is 0 Å². The summed E-state index contributed by atoms with van der Waals surface area (Å²) in [7, 11) is 0. The summed E-state index contributed by atoms with van der Waals surface area (Å²) in [4.78, 5) is 11.3. The highest BCUT2D eigenvalue weighted by molar-refractivity contribution is 5.12. The molecule has 0 bridgehead atoms. The molecule has 78 valence electrons. The second-order valence-electron chi connectivity index (χ2n) is 3.42. The molecule has 0 aliphatic rings. The summed E-state index contributed by atoms with van der Waals surface area (Å²) in [6.07, 6.45) is 7.24. The number of aromatic amines is 1. The van der Waals surface area contributed by atoms with Gasteiger partial charge in [0, 0.05) is 30.8 Å². The fourth-order valence-electron chi connectivity index (χ4n) is 1.39. The molecule has 0 aliphatic carbocycles. The molecule has 4 nitrogen and oxygen atoms in total. The van der Waals surface area contributed by atoms with E-state index in [1.54, 1.807) is 12.4 Å². The molecule has 0 radical (unpaired) electrons. The van der Waals surface area contributed by atoms with Crippen LogP contribution >= 0.6 is 0 Å². The number of nitrogens with zero attached hydrogens (tertiary/aromatic N) is 2. The smallest absolute Gasteiger partial charge is 0.120 e. The van der Waals surface area contributed by atoms with Crippen molar-refractivity contribution in [2.24, 2.45) is 0 Å². The second kappa shape index (κ2) is 4.70. The fraction of sp³-hybridized carbons (Fsp3) is 0.273. The van der Waals surface area contributed by atoms with Gasteiger partial charge in [0.1, 0.15) is 5.82 Å². The molecule has 0 amide bonds. The van der Waals surface area contributed by atoms with E-state index in [2.05, 4.69) is 33.3 Å². The standard InChI is InChI=1S/C11H14N4/c1-9(10-3-2-4-12-7-10)15-8-11-13-5-6-14-11/h2-7,9,15H,8H2,1H3,(H,13,14)/t9-/m1/s1. The summed E-state index contributed by atoms with van der Waals surface area (Å²) in [6.45, 7) is 2.85. The van der Waals surface area contributed by atoms with Gasteiger partial charge in [0.05, 0.1) is 6.54 Å². The Bertz CT molecular complexity index is 382. The van der Waals surface area contributed by atoms with Crippen LogP contribution in [0.5, 0.6) is 0 Å². The molecule has 2 aromatic rings. The van der Waals surface area contributed by atoms with E-state index >= 15 is 0 Å². The Kier molecular flexibility index (Phi) is 3.09. The van der Waals surface area contributed by atoms with E-state index in [0.717, 1.165) is 12.4 Å². The minimum absolute atomic E-state index is 0.281. The number of nitrogens with one attached hydrogen (secondary N) is 2. The molecule has 0 saturated heterocycles. The van der Waals surface area contributed by atoms with E-state index in [9.17, 15) is 0 Å². The van der Waals surface area contributed by atoms with Gasteiger partial charge in [-0.3, -0.25) is 4.98 Å². The molecule has 4 heteroatoms. The molecular weight excluding hydrogens is 188 g/mol. The molecule has 15 heavy (non-hydrogen) atoms. The van der Waals surface area contributed by atoms with Crippen LogP contribution in [0.2, 0.25) is 0 Å². The van der Waals surface area contributed by atoms with E-state index in [0.29, 0.717) is 0 Å². The largest absolute Gasteiger partial charge is 0.348 e. The summed E-state index contributed by atoms with van der Waals surface area (Å²) in [5.41, 5.74) is 1.18. The predicted octanol–water partition coefficient (Wildman–Crippen LogP) is 1.66. The van der Waals surface area contributed by atoms with E-state index in [1.807, 2.05) is 18.5 Å². The van der Waals surface area contributed by atoms with Gasteiger partial charge in [-0.1, -0.05) is 6.07 Å². The average molecular weight is 202 g/mol. The Morgan fingerprint density at radius 1 is 1.47 bits per heavy atom. The Labute approximate surface area is 88.8 Å². The van der Waals surface area contributed by atoms with Gasteiger partial charge in [-0.05, 0) is 18.6 Å². The van der Waals surface area contributed by atoms with Crippen molar-refractivity contribution in [2.75, 3.05) is 0 Å². The molecule has 0 fully saturated rings. The molecule has 1 atom stereocenters. The van der Waals surface area contributed by atoms with Crippen LogP contribution < -0.4 is 5.32 Å². The van der Waals surface area contributed by atoms with Gasteiger partial charge in [0.25, 0.3) is 0 Å². The Hall–Kier alpha value is -1.68. The summed E-state index contributed by atoms with van der Waals surface area (Å²) in [6, 6.07) is 4.29. The first kappa shape index (κ1) is 9.86. The number of hydrogen-bond acceptors (Lipinski definition) is 3. The maximum Gasteiger partial charge on any atom is 0.120 e. The predicted molar refractivity (Wildman–Crippen MR) is 58.1 cm³/mol. The summed E-state index contributed by atoms with van der Waals surface area (Å²) >= 11 is 0. The Morgan fingerprint density at radius 2 is 2.40 bits per heavy atom. The van der Waals surface area contributed by atoms with Gasteiger partial charge in [-0.25, -0.2) is 4.98 Å². The van der Waals surface area contributed by atoms with Crippen LogP contribution in [-0.2, 0) is 6.54 Å². The number of pyridine rings is 1. The molecule has 2 N–H and O–H groups in total. The molecule has 0 aromatic carbocycles. The van der Waals surface area contributed by atoms with Crippen molar-refractivity contribution in [3.8, 4) is 0 Å². The molecule has 2 rings (SSSR count). The lowest BCUT2D eigenvalue weighted by atomic mass is 10.1. The number of rotatable bonds is 4. The van der Waals surface area contributed by atoms with Gasteiger partial charge in [-0.15, -0.1) is 0 Å². The molecular formula is C11H14N4. The van der Waals surface area contributed by atoms with Gasteiger partial charge >= 0.3 is 0 Å². The molecule has 0 spiro atoms. The zero-order chi connectivity index (χ0) is 10.5. The van der Waals surface area contributed by atoms with Crippen LogP contribution in [0.3, 0.4) is 0 Å². The third kappa shape index (κ3) is 2.63. The van der Waals surface area contributed by atoms with Gasteiger partial charge < -0.3 is 10.3 Å². The minimum atomic E-state index is 0.281. The first-order chi connectivity index (χ1) is 7.36. The molecule has 0 aliphatic heterocycles. The molecule has 0 unspecified atom stereocenters. The van der Waals surface area contributed by atoms with Crippen molar-refractivity contribution in [3.63, 3.8) is 0 Å². The van der Waals surface area contributed by atoms with E-state index < -0.39 is 0 Å². The summed E-state index contributed by atoms with van der Waals surface area (Å²) < 4.78 is 0. The lowest BCUT2D eigenvalue weighted by Crippen LogP contribution is -2.18. The van der Waals surface area contributed by atoms with E-state index in [-0.39, 0.29) is 6.04 Å². The lowest BCUT2D eigenvalue weighted by Gasteiger charge is -2.12. The molecule has 0 saturated carbocycles. The highest BCUT2D eigenvalue weighted by Crippen LogP contribution is 2.09. The van der Waals surface area contributed by atoms with Crippen molar-refractivity contribution in [1.82, 2.24) is 20.3 Å². The van der Waals surface area contributed by atoms with Crippen LogP contribution in [0.15, 0.2) is 36.9 Å². The zero-order valence-electron chi connectivity index (χ0n) is 8.64. The molecule has 2 heterocycles. The summed E-state index contributed by atoms with van der Waals surface area (Å²) in [5, 5.41) is 3.37. The number of aromatic nitrogens is 3. The fourth-order valence-corrected chi connectivity index (χ4v) is 1.39. The van der Waals surface area contributed by atoms with Crippen molar-refractivity contribution in [1.29, 1.82) is 0 Å². The van der Waals surface area contributed by atoms with E-state index in [1.165, 1.54) is 5.56 Å². The third-order valence-electron chi connectivity index (χ3n) is 2.31. The number of H-pyrrole nitrogens is 1.